The third-order valence-corrected chi connectivity index (χ3v) is 2.56. The summed E-state index contributed by atoms with van der Waals surface area (Å²) in [6, 6.07) is 3.28. The molecule has 66 valence electrons. The first kappa shape index (κ1) is 10.3. The van der Waals surface area contributed by atoms with Crippen molar-refractivity contribution in [2.75, 3.05) is 0 Å². The molecule has 0 atom stereocenters. The number of benzene rings is 1. The van der Waals surface area contributed by atoms with Gasteiger partial charge in [-0.2, -0.15) is 0 Å². The molecular weight excluding hydrogens is 289 g/mol. The molecule has 0 fully saturated rings. The Balaban J connectivity index is 3.28. The lowest BCUT2D eigenvalue weighted by molar-refractivity contribution is 0.597. The molecule has 0 heterocycles. The van der Waals surface area contributed by atoms with Crippen LogP contribution in [-0.4, -0.2) is 0 Å². The Labute approximate surface area is 90.3 Å². The molecule has 0 radical (unpaired) electrons. The number of rotatable bonds is 1. The van der Waals surface area contributed by atoms with Gasteiger partial charge in [-0.25, -0.2) is 4.39 Å². The first-order chi connectivity index (χ1) is 5.52. The van der Waals surface area contributed by atoms with Crippen molar-refractivity contribution in [3.05, 3.63) is 32.1 Å². The van der Waals surface area contributed by atoms with Crippen LogP contribution in [0.15, 0.2) is 12.1 Å². The number of hydrogen-bond donors (Lipinski definition) is 0. The molecule has 0 aliphatic carbocycles. The summed E-state index contributed by atoms with van der Waals surface area (Å²) < 4.78 is 14.1. The van der Waals surface area contributed by atoms with Crippen LogP contribution in [0.4, 0.5) is 4.39 Å². The van der Waals surface area contributed by atoms with Gasteiger partial charge in [-0.15, -0.1) is 0 Å². The average Bonchev–Trinajstić information content (AvgIpc) is 1.82. The third kappa shape index (κ3) is 2.10. The minimum absolute atomic E-state index is 0.134. The molecule has 0 bridgehead atoms. The van der Waals surface area contributed by atoms with Crippen LogP contribution in [-0.2, 0) is 0 Å². The van der Waals surface area contributed by atoms with Gasteiger partial charge in [0.1, 0.15) is 5.82 Å². The zero-order chi connectivity index (χ0) is 9.30. The van der Waals surface area contributed by atoms with Crippen LogP contribution >= 0.6 is 34.2 Å². The second kappa shape index (κ2) is 3.92. The fraction of sp³-hybridized carbons (Fsp3) is 0.333. The van der Waals surface area contributed by atoms with Crippen LogP contribution in [0, 0.1) is 9.39 Å². The van der Waals surface area contributed by atoms with Crippen molar-refractivity contribution in [3.63, 3.8) is 0 Å². The van der Waals surface area contributed by atoms with E-state index >= 15 is 0 Å². The lowest BCUT2D eigenvalue weighted by Crippen LogP contribution is -1.95. The Kier molecular flexibility index (Phi) is 3.35. The van der Waals surface area contributed by atoms with E-state index in [1.54, 1.807) is 6.07 Å². The van der Waals surface area contributed by atoms with E-state index < -0.39 is 0 Å². The fourth-order valence-electron chi connectivity index (χ4n) is 1.10. The van der Waals surface area contributed by atoms with Gasteiger partial charge in [-0.05, 0) is 40.6 Å². The van der Waals surface area contributed by atoms with Crippen molar-refractivity contribution in [2.24, 2.45) is 0 Å². The molecular formula is C9H9ClFI. The maximum absolute atomic E-state index is 13.3. The van der Waals surface area contributed by atoms with Gasteiger partial charge >= 0.3 is 0 Å². The maximum Gasteiger partial charge on any atom is 0.129 e. The molecule has 0 saturated heterocycles. The van der Waals surface area contributed by atoms with E-state index in [1.165, 1.54) is 6.07 Å². The second-order valence-electron chi connectivity index (χ2n) is 2.94. The molecule has 0 aliphatic rings. The molecule has 0 unspecified atom stereocenters. The van der Waals surface area contributed by atoms with Gasteiger partial charge in [-0.1, -0.05) is 25.4 Å². The Hall–Kier alpha value is 0.170. The zero-order valence-corrected chi connectivity index (χ0v) is 9.78. The Morgan fingerprint density at radius 2 is 2.00 bits per heavy atom. The van der Waals surface area contributed by atoms with Crippen LogP contribution in [0.1, 0.15) is 25.3 Å². The molecule has 0 nitrogen and oxygen atoms in total. The van der Waals surface area contributed by atoms with Gasteiger partial charge in [0.15, 0.2) is 0 Å². The average molecular weight is 299 g/mol. The Bertz CT molecular complexity index is 274. The first-order valence-corrected chi connectivity index (χ1v) is 5.12. The molecule has 0 aliphatic heterocycles. The zero-order valence-electron chi connectivity index (χ0n) is 6.87. The van der Waals surface area contributed by atoms with Gasteiger partial charge in [0, 0.05) is 14.2 Å². The topological polar surface area (TPSA) is 0 Å². The highest BCUT2D eigenvalue weighted by Crippen LogP contribution is 2.28. The molecule has 0 aromatic heterocycles. The summed E-state index contributed by atoms with van der Waals surface area (Å²) in [5.74, 6) is -0.0728. The lowest BCUT2D eigenvalue weighted by Gasteiger charge is -2.09. The summed E-state index contributed by atoms with van der Waals surface area (Å²) in [4.78, 5) is 0. The standard InChI is InChI=1S/C9H9ClFI/c1-5(2)9-7(10)3-6(12)4-8(9)11/h3-5H,1-2H3. The van der Waals surface area contributed by atoms with E-state index in [2.05, 4.69) is 0 Å². The summed E-state index contributed by atoms with van der Waals surface area (Å²) in [6.07, 6.45) is 0. The smallest absolute Gasteiger partial charge is 0.129 e. The van der Waals surface area contributed by atoms with E-state index in [9.17, 15) is 4.39 Å². The second-order valence-corrected chi connectivity index (χ2v) is 4.59. The summed E-state index contributed by atoms with van der Waals surface area (Å²) in [5, 5.41) is 0.523. The van der Waals surface area contributed by atoms with E-state index in [0.717, 1.165) is 3.57 Å². The van der Waals surface area contributed by atoms with Crippen LogP contribution in [0.5, 0.6) is 0 Å². The van der Waals surface area contributed by atoms with E-state index in [-0.39, 0.29) is 11.7 Å². The van der Waals surface area contributed by atoms with Crippen LogP contribution in [0.2, 0.25) is 5.02 Å². The van der Waals surface area contributed by atoms with Gasteiger partial charge in [0.25, 0.3) is 0 Å². The van der Waals surface area contributed by atoms with Crippen molar-refractivity contribution in [1.29, 1.82) is 0 Å². The van der Waals surface area contributed by atoms with Gasteiger partial charge in [0.2, 0.25) is 0 Å². The normalized spacial score (nSPS) is 10.8. The van der Waals surface area contributed by atoms with E-state index in [4.69, 9.17) is 11.6 Å². The first-order valence-electron chi connectivity index (χ1n) is 3.67. The predicted octanol–water partition coefficient (Wildman–Crippen LogP) is 4.21. The SMILES string of the molecule is CC(C)c1c(F)cc(I)cc1Cl. The quantitative estimate of drug-likeness (QED) is 0.681. The van der Waals surface area contributed by atoms with Crippen LogP contribution in [0.25, 0.3) is 0 Å². The highest BCUT2D eigenvalue weighted by molar-refractivity contribution is 14.1. The van der Waals surface area contributed by atoms with Crippen molar-refractivity contribution in [1.82, 2.24) is 0 Å². The largest absolute Gasteiger partial charge is 0.207 e. The Morgan fingerprint density at radius 1 is 1.42 bits per heavy atom. The van der Waals surface area contributed by atoms with Gasteiger partial charge < -0.3 is 0 Å². The van der Waals surface area contributed by atoms with E-state index in [0.29, 0.717) is 10.6 Å². The number of hydrogen-bond acceptors (Lipinski definition) is 0. The summed E-state index contributed by atoms with van der Waals surface area (Å²) >= 11 is 7.93. The molecule has 1 aromatic rings. The summed E-state index contributed by atoms with van der Waals surface area (Å²) in [5.41, 5.74) is 0.608. The molecule has 0 saturated carbocycles. The van der Waals surface area contributed by atoms with Gasteiger partial charge in [0.05, 0.1) is 0 Å². The third-order valence-electron chi connectivity index (χ3n) is 1.62. The maximum atomic E-state index is 13.3. The number of halogens is 3. The summed E-state index contributed by atoms with van der Waals surface area (Å²) in [6.45, 7) is 3.86. The highest BCUT2D eigenvalue weighted by atomic mass is 127. The highest BCUT2D eigenvalue weighted by Gasteiger charge is 2.11. The molecule has 1 rings (SSSR count). The van der Waals surface area contributed by atoms with Crippen molar-refractivity contribution in [2.45, 2.75) is 19.8 Å². The van der Waals surface area contributed by atoms with Crippen molar-refractivity contribution >= 4 is 34.2 Å². The summed E-state index contributed by atoms with van der Waals surface area (Å²) in [7, 11) is 0. The minimum atomic E-state index is -0.207. The van der Waals surface area contributed by atoms with E-state index in [1.807, 2.05) is 36.4 Å². The van der Waals surface area contributed by atoms with Crippen molar-refractivity contribution in [3.8, 4) is 0 Å². The van der Waals surface area contributed by atoms with Crippen LogP contribution < -0.4 is 0 Å². The monoisotopic (exact) mass is 298 g/mol. The molecule has 0 N–H and O–H groups in total. The van der Waals surface area contributed by atoms with Crippen molar-refractivity contribution < 1.29 is 4.39 Å². The minimum Gasteiger partial charge on any atom is -0.207 e. The predicted molar refractivity (Wildman–Crippen MR) is 58.2 cm³/mol. The fourth-order valence-corrected chi connectivity index (χ4v) is 2.30. The lowest BCUT2D eigenvalue weighted by atomic mass is 10.0. The molecule has 1 aromatic carbocycles. The molecule has 0 spiro atoms. The molecule has 0 amide bonds. The molecule has 12 heavy (non-hydrogen) atoms. The molecule has 3 heteroatoms. The van der Waals surface area contributed by atoms with Gasteiger partial charge in [-0.3, -0.25) is 0 Å². The Morgan fingerprint density at radius 3 is 2.42 bits per heavy atom. The van der Waals surface area contributed by atoms with Crippen LogP contribution in [0.3, 0.4) is 0 Å².